The number of pyridine rings is 1. The van der Waals surface area contributed by atoms with E-state index in [0.717, 1.165) is 76.3 Å². The molecule has 3 fully saturated rings. The van der Waals surface area contributed by atoms with E-state index in [0.29, 0.717) is 39.9 Å². The van der Waals surface area contributed by atoms with E-state index < -0.39 is 64.2 Å². The zero-order valence-corrected chi connectivity index (χ0v) is 44.0. The van der Waals surface area contributed by atoms with Gasteiger partial charge in [0.15, 0.2) is 11.6 Å². The summed E-state index contributed by atoms with van der Waals surface area (Å²) < 4.78 is 80.1. The van der Waals surface area contributed by atoms with Gasteiger partial charge in [0, 0.05) is 99.4 Å². The zero-order chi connectivity index (χ0) is 54.1. The SMILES string of the molecule is Cc1ncsc1-c1ccc(CNC(=O)[C@@H]2C[C@@H](O)CN2C(=O)[C@@H](c2cc(OCCN3CCN(c4ccc(-c5cnc6[nH]cc(C(=O)c7c(F)ccc(N(N8CC[C@@H](F)C8)S(=O)O)c7F)c6c5)cc4)CC3)no2)C(C)C)cc1. The highest BCUT2D eigenvalue weighted by Crippen LogP contribution is 2.36. The van der Waals surface area contributed by atoms with E-state index in [2.05, 4.69) is 35.2 Å². The number of rotatable bonds is 18. The summed E-state index contributed by atoms with van der Waals surface area (Å²) in [7, 11) is 0. The molecule has 3 aromatic carbocycles. The number of aromatic amines is 1. The lowest BCUT2D eigenvalue weighted by Crippen LogP contribution is -2.48. The number of ether oxygens (including phenoxy) is 1. The lowest BCUT2D eigenvalue weighted by molar-refractivity contribution is -0.141. The van der Waals surface area contributed by atoms with E-state index in [-0.39, 0.29) is 68.2 Å². The Balaban J connectivity index is 0.712. The lowest BCUT2D eigenvalue weighted by Gasteiger charge is -2.36. The summed E-state index contributed by atoms with van der Waals surface area (Å²) in [5.74, 6) is -4.63. The molecule has 0 aliphatic carbocycles. The van der Waals surface area contributed by atoms with Gasteiger partial charge in [0.2, 0.25) is 17.6 Å². The maximum Gasteiger partial charge on any atom is 0.277 e. The average molecular weight is 1100 g/mol. The fourth-order valence-corrected chi connectivity index (χ4v) is 11.8. The van der Waals surface area contributed by atoms with Crippen LogP contribution in [0.15, 0.2) is 95.2 Å². The molecule has 404 valence electrons. The van der Waals surface area contributed by atoms with Crippen LogP contribution in [0.1, 0.15) is 65.5 Å². The van der Waals surface area contributed by atoms with E-state index in [1.54, 1.807) is 29.7 Å². The standard InChI is InChI=1S/C54H57F3N10O8S2/c1-31(2)47(54(71)66-29-39(68)23-44(66)53(70)60-25-33-4-6-35(7-5-33)51-32(3)61-30-76-51)45-24-46(62-75-45)74-21-20-63-16-18-64(19-17-63)38-10-8-34(9-11-38)36-22-40-41(27-59-52(40)58-26-36)50(69)48-42(56)12-13-43(49(48)57)67(77(72)73)65-15-14-37(55)28-65/h4-13,22,24,26-27,30-31,37,39,44,47,68H,14-21,23,25,28-29H2,1-3H3,(H,58,59)(H,60,70)(H,72,73)/t37-,39-,44+,47-/m1/s1. The van der Waals surface area contributed by atoms with E-state index in [1.165, 1.54) is 11.1 Å². The number of thiazole rings is 1. The summed E-state index contributed by atoms with van der Waals surface area (Å²) in [6, 6.07) is 20.0. The molecule has 2 amide bonds. The number of β-amino-alcohol motifs (C(OH)–C–C–N with tert-alkyl or cyclic N) is 1. The highest BCUT2D eigenvalue weighted by atomic mass is 32.2. The molecule has 4 aromatic heterocycles. The number of hydrogen-bond acceptors (Lipinski definition) is 14. The van der Waals surface area contributed by atoms with E-state index >= 15 is 8.78 Å². The number of nitrogens with zero attached hydrogens (tertiary/aromatic N) is 8. The summed E-state index contributed by atoms with van der Waals surface area (Å²) in [5, 5.41) is 19.2. The smallest absolute Gasteiger partial charge is 0.277 e. The molecule has 0 bridgehead atoms. The number of nitrogens with one attached hydrogen (secondary N) is 2. The number of aryl methyl sites for hydroxylation is 1. The molecule has 5 atom stereocenters. The van der Waals surface area contributed by atoms with Crippen molar-refractivity contribution in [1.82, 2.24) is 40.2 Å². The van der Waals surface area contributed by atoms with Crippen LogP contribution in [0.5, 0.6) is 5.88 Å². The molecule has 77 heavy (non-hydrogen) atoms. The van der Waals surface area contributed by atoms with Crippen LogP contribution in [0.2, 0.25) is 0 Å². The molecule has 18 nitrogen and oxygen atoms in total. The molecule has 0 radical (unpaired) electrons. The van der Waals surface area contributed by atoms with Gasteiger partial charge in [0.25, 0.3) is 17.1 Å². The van der Waals surface area contributed by atoms with Crippen LogP contribution in [0.3, 0.4) is 0 Å². The predicted molar refractivity (Wildman–Crippen MR) is 284 cm³/mol. The van der Waals surface area contributed by atoms with Crippen molar-refractivity contribution in [2.75, 3.05) is 68.3 Å². The Labute approximate surface area is 448 Å². The summed E-state index contributed by atoms with van der Waals surface area (Å²) in [6.45, 7) is 9.73. The second-order valence-corrected chi connectivity index (χ2v) is 21.5. The quantitative estimate of drug-likeness (QED) is 0.0491. The average Bonchev–Trinajstić information content (AvgIpc) is 4.34. The molecule has 23 heteroatoms. The van der Waals surface area contributed by atoms with Gasteiger partial charge in [-0.25, -0.2) is 32.4 Å². The summed E-state index contributed by atoms with van der Waals surface area (Å²) in [5.41, 5.74) is 5.94. The Hall–Kier alpha value is -7.02. The second-order valence-electron chi connectivity index (χ2n) is 19.8. The number of hydrazine groups is 1. The summed E-state index contributed by atoms with van der Waals surface area (Å²) >= 11 is -1.27. The van der Waals surface area contributed by atoms with Crippen molar-refractivity contribution in [3.63, 3.8) is 0 Å². The maximum atomic E-state index is 16.1. The molecule has 3 aliphatic rings. The van der Waals surface area contributed by atoms with Crippen LogP contribution in [-0.2, 0) is 27.4 Å². The number of likely N-dealkylation sites (tertiary alicyclic amines) is 1. The number of alkyl halides is 1. The van der Waals surface area contributed by atoms with Gasteiger partial charge in [0.05, 0.1) is 34.3 Å². The Kier molecular flexibility index (Phi) is 15.9. The first-order chi connectivity index (χ1) is 37.1. The van der Waals surface area contributed by atoms with Crippen LogP contribution < -0.4 is 19.4 Å². The Morgan fingerprint density at radius 1 is 0.974 bits per heavy atom. The Morgan fingerprint density at radius 2 is 1.73 bits per heavy atom. The first-order valence-corrected chi connectivity index (χ1v) is 27.3. The number of ketones is 1. The minimum Gasteiger partial charge on any atom is -0.474 e. The van der Waals surface area contributed by atoms with Crippen molar-refractivity contribution < 1.29 is 50.7 Å². The van der Waals surface area contributed by atoms with Gasteiger partial charge < -0.3 is 34.5 Å². The van der Waals surface area contributed by atoms with Gasteiger partial charge in [0.1, 0.15) is 41.9 Å². The number of H-pyrrole nitrogens is 1. The minimum absolute atomic E-state index is 0.0212. The number of amides is 2. The Morgan fingerprint density at radius 3 is 2.42 bits per heavy atom. The highest BCUT2D eigenvalue weighted by Gasteiger charge is 2.43. The predicted octanol–water partition coefficient (Wildman–Crippen LogP) is 7.28. The molecule has 0 spiro atoms. The number of aliphatic hydroxyl groups is 1. The fraction of sp³-hybridized carbons (Fsp3) is 0.370. The third-order valence-electron chi connectivity index (χ3n) is 14.4. The van der Waals surface area contributed by atoms with Crippen molar-refractivity contribution in [3.8, 4) is 27.4 Å². The fourth-order valence-electron chi connectivity index (χ4n) is 10.3. The third kappa shape index (κ3) is 11.4. The Bertz CT molecular complexity index is 3290. The molecular weight excluding hydrogens is 1040 g/mol. The summed E-state index contributed by atoms with van der Waals surface area (Å²) in [6.07, 6.45) is 0.961. The zero-order valence-electron chi connectivity index (χ0n) is 42.4. The number of aliphatic hydroxyl groups excluding tert-OH is 1. The highest BCUT2D eigenvalue weighted by molar-refractivity contribution is 7.80. The second kappa shape index (κ2) is 22.9. The van der Waals surface area contributed by atoms with E-state index in [4.69, 9.17) is 9.26 Å². The molecule has 0 saturated carbocycles. The van der Waals surface area contributed by atoms with Crippen molar-refractivity contribution in [2.45, 2.75) is 64.4 Å². The number of aromatic nitrogens is 4. The van der Waals surface area contributed by atoms with Gasteiger partial charge >= 0.3 is 0 Å². The number of carbonyl (C=O) groups excluding carboxylic acids is 3. The number of piperazine rings is 1. The number of carbonyl (C=O) groups is 3. The first-order valence-electron chi connectivity index (χ1n) is 25.3. The molecule has 7 heterocycles. The van der Waals surface area contributed by atoms with Gasteiger partial charge in [-0.1, -0.05) is 50.2 Å². The first kappa shape index (κ1) is 53.4. The van der Waals surface area contributed by atoms with Gasteiger partial charge in [-0.05, 0) is 71.4 Å². The lowest BCUT2D eigenvalue weighted by atomic mass is 9.91. The van der Waals surface area contributed by atoms with Crippen LogP contribution in [-0.4, -0.2) is 144 Å². The number of hydrogen-bond donors (Lipinski definition) is 4. The van der Waals surface area contributed by atoms with Crippen molar-refractivity contribution in [2.24, 2.45) is 5.92 Å². The van der Waals surface area contributed by atoms with Crippen LogP contribution in [0, 0.1) is 24.5 Å². The molecule has 3 aliphatic heterocycles. The van der Waals surface area contributed by atoms with Crippen LogP contribution in [0.4, 0.5) is 24.5 Å². The molecule has 7 aromatic rings. The van der Waals surface area contributed by atoms with Gasteiger partial charge in [-0.3, -0.25) is 23.8 Å². The van der Waals surface area contributed by atoms with Crippen LogP contribution >= 0.6 is 11.3 Å². The van der Waals surface area contributed by atoms with Crippen molar-refractivity contribution in [1.29, 1.82) is 0 Å². The molecular formula is C54H57F3N10O8S2. The normalized spacial score (nSPS) is 19.1. The topological polar surface area (TPSA) is 214 Å². The number of anilines is 2. The minimum atomic E-state index is -2.84. The van der Waals surface area contributed by atoms with Crippen molar-refractivity contribution >= 4 is 62.6 Å². The van der Waals surface area contributed by atoms with E-state index in [1.807, 2.05) is 74.8 Å². The van der Waals surface area contributed by atoms with Gasteiger partial charge in [-0.2, -0.15) is 4.41 Å². The monoisotopic (exact) mass is 1090 g/mol. The van der Waals surface area contributed by atoms with Crippen LogP contribution in [0.25, 0.3) is 32.6 Å². The largest absolute Gasteiger partial charge is 0.474 e. The summed E-state index contributed by atoms with van der Waals surface area (Å²) in [4.78, 5) is 60.4. The van der Waals surface area contributed by atoms with E-state index in [9.17, 15) is 32.6 Å². The molecule has 4 N–H and O–H groups in total. The number of benzene rings is 3. The molecule has 1 unspecified atom stereocenters. The molecule has 10 rings (SSSR count). The van der Waals surface area contributed by atoms with Gasteiger partial charge in [-0.15, -0.1) is 11.3 Å². The third-order valence-corrected chi connectivity index (χ3v) is 16.1. The maximum absolute atomic E-state index is 16.1. The number of halogens is 3. The number of fused-ring (bicyclic) bond motifs is 1. The molecule has 3 saturated heterocycles. The van der Waals surface area contributed by atoms with Crippen molar-refractivity contribution in [3.05, 3.63) is 130 Å².